The van der Waals surface area contributed by atoms with Crippen LogP contribution in [0.2, 0.25) is 0 Å². The van der Waals surface area contributed by atoms with Gasteiger partial charge in [-0.3, -0.25) is 0 Å². The number of fused-ring (bicyclic) bond motifs is 5. The summed E-state index contributed by atoms with van der Waals surface area (Å²) in [6.45, 7) is 2.27. The SMILES string of the molecule is C[C@]12CCC3c4ccc(OS(N)(=O)=O)cc4CC[C@H]3C1CC[C@@H]2O. The van der Waals surface area contributed by atoms with Crippen LogP contribution in [0.1, 0.15) is 56.1 Å². The van der Waals surface area contributed by atoms with Crippen LogP contribution in [-0.4, -0.2) is 19.6 Å². The summed E-state index contributed by atoms with van der Waals surface area (Å²) in [7, 11) is -3.98. The predicted molar refractivity (Wildman–Crippen MR) is 90.8 cm³/mol. The van der Waals surface area contributed by atoms with E-state index in [2.05, 4.69) is 6.92 Å². The van der Waals surface area contributed by atoms with Crippen molar-refractivity contribution in [2.24, 2.45) is 22.4 Å². The summed E-state index contributed by atoms with van der Waals surface area (Å²) >= 11 is 0. The molecule has 0 heterocycles. The van der Waals surface area contributed by atoms with E-state index in [4.69, 9.17) is 9.32 Å². The molecule has 132 valence electrons. The van der Waals surface area contributed by atoms with Crippen molar-refractivity contribution in [1.82, 2.24) is 0 Å². The zero-order chi connectivity index (χ0) is 17.1. The van der Waals surface area contributed by atoms with Gasteiger partial charge >= 0.3 is 10.3 Å². The van der Waals surface area contributed by atoms with Gasteiger partial charge in [-0.1, -0.05) is 13.0 Å². The van der Waals surface area contributed by atoms with E-state index in [1.54, 1.807) is 6.07 Å². The lowest BCUT2D eigenvalue weighted by atomic mass is 9.55. The number of aliphatic hydroxyl groups is 1. The third kappa shape index (κ3) is 2.55. The topological polar surface area (TPSA) is 89.6 Å². The molecule has 0 bridgehead atoms. The lowest BCUT2D eigenvalue weighted by Gasteiger charge is -2.50. The van der Waals surface area contributed by atoms with E-state index in [1.165, 1.54) is 11.1 Å². The Morgan fingerprint density at radius 1 is 1.25 bits per heavy atom. The molecule has 24 heavy (non-hydrogen) atoms. The Bertz CT molecular complexity index is 762. The van der Waals surface area contributed by atoms with Crippen LogP contribution in [0.5, 0.6) is 5.75 Å². The van der Waals surface area contributed by atoms with Gasteiger partial charge in [-0.15, -0.1) is 0 Å². The monoisotopic (exact) mass is 351 g/mol. The van der Waals surface area contributed by atoms with Crippen molar-refractivity contribution in [3.05, 3.63) is 29.3 Å². The van der Waals surface area contributed by atoms with Gasteiger partial charge in [-0.25, -0.2) is 0 Å². The molecule has 4 rings (SSSR count). The van der Waals surface area contributed by atoms with Gasteiger partial charge in [0.2, 0.25) is 0 Å². The number of benzene rings is 1. The van der Waals surface area contributed by atoms with Crippen molar-refractivity contribution < 1.29 is 17.7 Å². The Morgan fingerprint density at radius 3 is 2.79 bits per heavy atom. The fourth-order valence-electron chi connectivity index (χ4n) is 5.72. The molecule has 6 heteroatoms. The Hall–Kier alpha value is -1.11. The Labute approximate surface area is 143 Å². The molecule has 3 aliphatic carbocycles. The Morgan fingerprint density at radius 2 is 2.04 bits per heavy atom. The van der Waals surface area contributed by atoms with E-state index in [0.717, 1.165) is 38.5 Å². The highest BCUT2D eigenvalue weighted by Gasteiger charge is 2.54. The highest BCUT2D eigenvalue weighted by Crippen LogP contribution is 2.60. The first-order chi connectivity index (χ1) is 11.3. The molecule has 1 aromatic carbocycles. The summed E-state index contributed by atoms with van der Waals surface area (Å²) < 4.78 is 27.1. The van der Waals surface area contributed by atoms with Gasteiger partial charge < -0.3 is 9.29 Å². The van der Waals surface area contributed by atoms with Crippen molar-refractivity contribution >= 4 is 10.3 Å². The van der Waals surface area contributed by atoms with Crippen molar-refractivity contribution in [2.75, 3.05) is 0 Å². The van der Waals surface area contributed by atoms with E-state index >= 15 is 0 Å². The lowest BCUT2D eigenvalue weighted by Crippen LogP contribution is -2.43. The van der Waals surface area contributed by atoms with E-state index in [0.29, 0.717) is 23.5 Å². The summed E-state index contributed by atoms with van der Waals surface area (Å²) in [5, 5.41) is 15.4. The highest BCUT2D eigenvalue weighted by atomic mass is 32.2. The zero-order valence-corrected chi connectivity index (χ0v) is 14.8. The number of aliphatic hydroxyl groups excluding tert-OH is 1. The fourth-order valence-corrected chi connectivity index (χ4v) is 6.09. The number of aryl methyl sites for hydroxylation is 1. The fraction of sp³-hybridized carbons (Fsp3) is 0.667. The molecule has 0 aliphatic heterocycles. The molecule has 0 amide bonds. The number of nitrogens with two attached hydrogens (primary N) is 1. The zero-order valence-electron chi connectivity index (χ0n) is 13.9. The van der Waals surface area contributed by atoms with Gasteiger partial charge in [0.1, 0.15) is 5.75 Å². The van der Waals surface area contributed by atoms with E-state index in [1.807, 2.05) is 12.1 Å². The van der Waals surface area contributed by atoms with Crippen LogP contribution in [0.4, 0.5) is 0 Å². The summed E-state index contributed by atoms with van der Waals surface area (Å²) in [5.41, 5.74) is 2.59. The largest absolute Gasteiger partial charge is 0.393 e. The van der Waals surface area contributed by atoms with Crippen molar-refractivity contribution in [1.29, 1.82) is 0 Å². The first kappa shape index (κ1) is 16.4. The van der Waals surface area contributed by atoms with Gasteiger partial charge in [0.15, 0.2) is 0 Å². The second kappa shape index (κ2) is 5.44. The lowest BCUT2D eigenvalue weighted by molar-refractivity contribution is -0.0226. The summed E-state index contributed by atoms with van der Waals surface area (Å²) in [6, 6.07) is 5.55. The highest BCUT2D eigenvalue weighted by molar-refractivity contribution is 7.84. The molecule has 3 aliphatic rings. The predicted octanol–water partition coefficient (Wildman–Crippen LogP) is 2.49. The molecule has 0 saturated heterocycles. The van der Waals surface area contributed by atoms with Crippen LogP contribution in [0.3, 0.4) is 0 Å². The van der Waals surface area contributed by atoms with Crippen LogP contribution in [-0.2, 0) is 16.7 Å². The van der Waals surface area contributed by atoms with Crippen LogP contribution < -0.4 is 9.32 Å². The minimum absolute atomic E-state index is 0.0787. The summed E-state index contributed by atoms with van der Waals surface area (Å²) in [6.07, 6.45) is 6.09. The van der Waals surface area contributed by atoms with Crippen molar-refractivity contribution in [3.63, 3.8) is 0 Å². The van der Waals surface area contributed by atoms with Gasteiger partial charge in [0.05, 0.1) is 6.10 Å². The molecule has 3 N–H and O–H groups in total. The molecule has 2 fully saturated rings. The second-order valence-corrected chi connectivity index (χ2v) is 9.14. The van der Waals surface area contributed by atoms with Gasteiger partial charge in [-0.2, -0.15) is 13.6 Å². The van der Waals surface area contributed by atoms with Gasteiger partial charge in [-0.05, 0) is 85.0 Å². The maximum absolute atomic E-state index is 11.1. The van der Waals surface area contributed by atoms with Crippen LogP contribution in [0, 0.1) is 17.3 Å². The molecular weight excluding hydrogens is 326 g/mol. The molecule has 0 radical (unpaired) electrons. The van der Waals surface area contributed by atoms with Crippen LogP contribution in [0.15, 0.2) is 18.2 Å². The van der Waals surface area contributed by atoms with Gasteiger partial charge in [0, 0.05) is 0 Å². The minimum Gasteiger partial charge on any atom is -0.393 e. The van der Waals surface area contributed by atoms with E-state index in [9.17, 15) is 13.5 Å². The number of hydrogen-bond donors (Lipinski definition) is 2. The second-order valence-electron chi connectivity index (χ2n) is 7.99. The minimum atomic E-state index is -3.98. The first-order valence-electron chi connectivity index (χ1n) is 8.81. The first-order valence-corrected chi connectivity index (χ1v) is 10.3. The van der Waals surface area contributed by atoms with Crippen molar-refractivity contribution in [2.45, 2.75) is 57.5 Å². The maximum atomic E-state index is 11.1. The van der Waals surface area contributed by atoms with Crippen LogP contribution >= 0.6 is 0 Å². The third-order valence-corrected chi connectivity index (χ3v) is 7.29. The number of hydrogen-bond acceptors (Lipinski definition) is 4. The van der Waals surface area contributed by atoms with E-state index < -0.39 is 10.3 Å². The summed E-state index contributed by atoms with van der Waals surface area (Å²) in [5.74, 6) is 2.03. The Kier molecular flexibility index (Phi) is 3.71. The summed E-state index contributed by atoms with van der Waals surface area (Å²) in [4.78, 5) is 0. The molecule has 5 atom stereocenters. The molecule has 2 saturated carbocycles. The van der Waals surface area contributed by atoms with E-state index in [-0.39, 0.29) is 11.5 Å². The average molecular weight is 351 g/mol. The smallest absolute Gasteiger partial charge is 0.380 e. The maximum Gasteiger partial charge on any atom is 0.380 e. The third-order valence-electron chi connectivity index (χ3n) is 6.86. The van der Waals surface area contributed by atoms with Gasteiger partial charge in [0.25, 0.3) is 0 Å². The molecule has 0 spiro atoms. The normalized spacial score (nSPS) is 38.1. The molecule has 2 unspecified atom stereocenters. The average Bonchev–Trinajstić information content (AvgIpc) is 2.81. The quantitative estimate of drug-likeness (QED) is 0.856. The standard InChI is InChI=1S/C18H25NO4S/c1-18-9-8-14-13-5-3-12(23-24(19,21)22)10-11(13)2-4-15(14)16(18)6-7-17(18)20/h3,5,10,14-17,20H,2,4,6-9H2,1H3,(H2,19,21,22)/t14?,15-,16?,17+,18+/m1/s1. The Balaban J connectivity index is 1.63. The van der Waals surface area contributed by atoms with Crippen LogP contribution in [0.25, 0.3) is 0 Å². The van der Waals surface area contributed by atoms with Crippen molar-refractivity contribution in [3.8, 4) is 5.75 Å². The molecule has 1 aromatic rings. The number of rotatable bonds is 2. The molecular formula is C18H25NO4S. The molecule has 0 aromatic heterocycles. The molecule has 5 nitrogen and oxygen atoms in total.